The Morgan fingerprint density at radius 2 is 2.04 bits per heavy atom. The van der Waals surface area contributed by atoms with Crippen LogP contribution < -0.4 is 10.6 Å². The van der Waals surface area contributed by atoms with E-state index in [1.807, 2.05) is 6.07 Å². The van der Waals surface area contributed by atoms with Crippen LogP contribution in [-0.4, -0.2) is 51.8 Å². The molecule has 0 amide bonds. The Kier molecular flexibility index (Phi) is 9.28. The van der Waals surface area contributed by atoms with E-state index in [-0.39, 0.29) is 48.1 Å². The van der Waals surface area contributed by atoms with Gasteiger partial charge in [0.25, 0.3) is 0 Å². The minimum absolute atomic E-state index is 0. The number of halogens is 4. The summed E-state index contributed by atoms with van der Waals surface area (Å²) in [7, 11) is -1.40. The third kappa shape index (κ3) is 9.10. The maximum absolute atomic E-state index is 12.1. The molecule has 0 aromatic heterocycles. The van der Waals surface area contributed by atoms with E-state index in [4.69, 9.17) is 0 Å². The van der Waals surface area contributed by atoms with Gasteiger partial charge in [0.2, 0.25) is 0 Å². The van der Waals surface area contributed by atoms with Crippen LogP contribution in [0.15, 0.2) is 29.3 Å². The van der Waals surface area contributed by atoms with Crippen LogP contribution in [0.2, 0.25) is 0 Å². The molecule has 11 heteroatoms. The van der Waals surface area contributed by atoms with Crippen molar-refractivity contribution in [1.29, 1.82) is 0 Å². The number of alkyl halides is 3. The van der Waals surface area contributed by atoms with Crippen LogP contribution in [0, 0.1) is 0 Å². The highest BCUT2D eigenvalue weighted by Gasteiger charge is 2.28. The number of hydrogen-bond acceptors (Lipinski definition) is 4. The number of nitrogens with zero attached hydrogens (tertiary/aromatic N) is 1. The molecule has 6 nitrogen and oxygen atoms in total. The summed E-state index contributed by atoms with van der Waals surface area (Å²) < 4.78 is 64.0. The normalized spacial score (nSPS) is 19.4. The molecule has 0 saturated carbocycles. The van der Waals surface area contributed by atoms with E-state index in [0.29, 0.717) is 24.5 Å². The first-order chi connectivity index (χ1) is 12.2. The number of aliphatic imine (C=N–C) groups is 1. The van der Waals surface area contributed by atoms with Crippen molar-refractivity contribution in [2.24, 2.45) is 4.99 Å². The molecule has 27 heavy (non-hydrogen) atoms. The molecule has 0 aliphatic carbocycles. The zero-order valence-electron chi connectivity index (χ0n) is 14.8. The molecule has 0 radical (unpaired) electrons. The minimum atomic E-state index is -4.34. The van der Waals surface area contributed by atoms with E-state index >= 15 is 0 Å². The molecular weight excluding hydrogens is 498 g/mol. The van der Waals surface area contributed by atoms with Crippen LogP contribution >= 0.6 is 24.0 Å². The number of benzene rings is 1. The average molecular weight is 521 g/mol. The molecule has 1 saturated heterocycles. The molecule has 1 aliphatic heterocycles. The highest BCUT2D eigenvalue weighted by atomic mass is 127. The summed E-state index contributed by atoms with van der Waals surface area (Å²) in [6, 6.07) is 6.83. The predicted molar refractivity (Wildman–Crippen MR) is 108 cm³/mol. The quantitative estimate of drug-likeness (QED) is 0.341. The van der Waals surface area contributed by atoms with Gasteiger partial charge in [-0.25, -0.2) is 8.42 Å². The molecule has 1 atom stereocenters. The number of nitrogens with one attached hydrogen (secondary N) is 2. The summed E-state index contributed by atoms with van der Waals surface area (Å²) >= 11 is 0. The number of ether oxygens (including phenoxy) is 1. The molecule has 2 N–H and O–H groups in total. The first-order valence-electron chi connectivity index (χ1n) is 8.07. The summed E-state index contributed by atoms with van der Waals surface area (Å²) in [5.74, 6) is 0.729. The molecule has 1 unspecified atom stereocenters. The topological polar surface area (TPSA) is 79.8 Å². The van der Waals surface area contributed by atoms with Gasteiger partial charge in [0.1, 0.15) is 6.61 Å². The molecule has 1 aromatic carbocycles. The SMILES string of the molecule is CN=C(NCc1cccc(COCC(F)(F)F)c1)NC1CCS(=O)(=O)C1.I. The van der Waals surface area contributed by atoms with Gasteiger partial charge >= 0.3 is 6.18 Å². The Hall–Kier alpha value is -1.08. The van der Waals surface area contributed by atoms with Crippen molar-refractivity contribution in [3.63, 3.8) is 0 Å². The van der Waals surface area contributed by atoms with Crippen LogP contribution in [0.3, 0.4) is 0 Å². The highest BCUT2D eigenvalue weighted by molar-refractivity contribution is 14.0. The van der Waals surface area contributed by atoms with Crippen LogP contribution in [0.25, 0.3) is 0 Å². The van der Waals surface area contributed by atoms with Gasteiger partial charge in [-0.3, -0.25) is 4.99 Å². The molecule has 0 spiro atoms. The molecule has 1 fully saturated rings. The lowest BCUT2D eigenvalue weighted by Crippen LogP contribution is -2.43. The summed E-state index contributed by atoms with van der Waals surface area (Å²) in [6.45, 7) is -1.01. The van der Waals surface area contributed by atoms with Gasteiger partial charge in [-0.1, -0.05) is 24.3 Å². The predicted octanol–water partition coefficient (Wildman–Crippen LogP) is 2.24. The van der Waals surface area contributed by atoms with Crippen molar-refractivity contribution >= 4 is 39.8 Å². The third-order valence-electron chi connectivity index (χ3n) is 3.78. The van der Waals surface area contributed by atoms with Crippen molar-refractivity contribution in [2.45, 2.75) is 31.8 Å². The molecule has 1 aromatic rings. The summed E-state index contributed by atoms with van der Waals surface area (Å²) in [4.78, 5) is 4.06. The van der Waals surface area contributed by atoms with Gasteiger partial charge in [-0.15, -0.1) is 24.0 Å². The first kappa shape index (κ1) is 24.0. The molecule has 1 heterocycles. The number of guanidine groups is 1. The monoisotopic (exact) mass is 521 g/mol. The van der Waals surface area contributed by atoms with Gasteiger partial charge in [0.05, 0.1) is 18.1 Å². The van der Waals surface area contributed by atoms with Crippen LogP contribution in [0.4, 0.5) is 13.2 Å². The van der Waals surface area contributed by atoms with Gasteiger partial charge in [-0.2, -0.15) is 13.2 Å². The lowest BCUT2D eigenvalue weighted by molar-refractivity contribution is -0.176. The van der Waals surface area contributed by atoms with Crippen LogP contribution in [0.1, 0.15) is 17.5 Å². The third-order valence-corrected chi connectivity index (χ3v) is 5.55. The van der Waals surface area contributed by atoms with Crippen molar-refractivity contribution in [3.8, 4) is 0 Å². The fourth-order valence-electron chi connectivity index (χ4n) is 2.60. The zero-order valence-corrected chi connectivity index (χ0v) is 17.9. The number of rotatable bonds is 6. The minimum Gasteiger partial charge on any atom is -0.367 e. The van der Waals surface area contributed by atoms with Gasteiger partial charge in [0, 0.05) is 19.6 Å². The second-order valence-corrected chi connectivity index (χ2v) is 8.33. The van der Waals surface area contributed by atoms with E-state index in [1.54, 1.807) is 25.2 Å². The van der Waals surface area contributed by atoms with E-state index in [2.05, 4.69) is 20.4 Å². The van der Waals surface area contributed by atoms with Crippen molar-refractivity contribution < 1.29 is 26.3 Å². The van der Waals surface area contributed by atoms with Crippen molar-refractivity contribution in [2.75, 3.05) is 25.2 Å². The van der Waals surface area contributed by atoms with Crippen molar-refractivity contribution in [1.82, 2.24) is 10.6 Å². The standard InChI is InChI=1S/C16H22F3N3O3S.HI/c1-20-15(22-14-5-6-26(23,24)10-14)21-8-12-3-2-4-13(7-12)9-25-11-16(17,18)19;/h2-4,7,14H,5-6,8-11H2,1H3,(H2,20,21,22);1H. The molecular formula is C16H23F3IN3O3S. The largest absolute Gasteiger partial charge is 0.411 e. The Labute approximate surface area is 173 Å². The zero-order chi connectivity index (χ0) is 19.2. The lowest BCUT2D eigenvalue weighted by Gasteiger charge is -2.16. The average Bonchev–Trinajstić information content (AvgIpc) is 2.89. The fourth-order valence-corrected chi connectivity index (χ4v) is 4.27. The van der Waals surface area contributed by atoms with Gasteiger partial charge < -0.3 is 15.4 Å². The van der Waals surface area contributed by atoms with Gasteiger partial charge in [0.15, 0.2) is 15.8 Å². The molecule has 2 rings (SSSR count). The van der Waals surface area contributed by atoms with E-state index in [9.17, 15) is 21.6 Å². The number of sulfone groups is 1. The van der Waals surface area contributed by atoms with E-state index in [0.717, 1.165) is 5.56 Å². The highest BCUT2D eigenvalue weighted by Crippen LogP contribution is 2.16. The Balaban J connectivity index is 0.00000364. The van der Waals surface area contributed by atoms with E-state index < -0.39 is 22.6 Å². The van der Waals surface area contributed by atoms with Crippen molar-refractivity contribution in [3.05, 3.63) is 35.4 Å². The van der Waals surface area contributed by atoms with Crippen LogP contribution in [-0.2, 0) is 27.7 Å². The Morgan fingerprint density at radius 3 is 2.63 bits per heavy atom. The molecule has 154 valence electrons. The molecule has 0 bridgehead atoms. The summed E-state index contributed by atoms with van der Waals surface area (Å²) in [5, 5.41) is 6.14. The lowest BCUT2D eigenvalue weighted by atomic mass is 10.1. The van der Waals surface area contributed by atoms with Gasteiger partial charge in [-0.05, 0) is 17.5 Å². The summed E-state index contributed by atoms with van der Waals surface area (Å²) in [5.41, 5.74) is 1.48. The van der Waals surface area contributed by atoms with E-state index in [1.165, 1.54) is 0 Å². The van der Waals surface area contributed by atoms with Crippen LogP contribution in [0.5, 0.6) is 0 Å². The maximum atomic E-state index is 12.1. The fraction of sp³-hybridized carbons (Fsp3) is 0.562. The molecule has 1 aliphatic rings. The second kappa shape index (κ2) is 10.5. The number of hydrogen-bond donors (Lipinski definition) is 2. The Morgan fingerprint density at radius 1 is 1.33 bits per heavy atom. The second-order valence-electron chi connectivity index (χ2n) is 6.10. The smallest absolute Gasteiger partial charge is 0.367 e. The first-order valence-corrected chi connectivity index (χ1v) is 9.89. The Bertz CT molecular complexity index is 742. The maximum Gasteiger partial charge on any atom is 0.411 e. The summed E-state index contributed by atoms with van der Waals surface area (Å²) in [6.07, 6.45) is -3.81.